The predicted molar refractivity (Wildman–Crippen MR) is 63.7 cm³/mol. The van der Waals surface area contributed by atoms with Crippen molar-refractivity contribution >= 4 is 12.4 Å². The van der Waals surface area contributed by atoms with Gasteiger partial charge in [0, 0.05) is 13.1 Å². The summed E-state index contributed by atoms with van der Waals surface area (Å²) in [5.74, 6) is 0.921. The van der Waals surface area contributed by atoms with E-state index in [0.29, 0.717) is 0 Å². The van der Waals surface area contributed by atoms with Crippen molar-refractivity contribution in [2.24, 2.45) is 5.73 Å². The quantitative estimate of drug-likeness (QED) is 0.799. The minimum atomic E-state index is -0.170. The topological polar surface area (TPSA) is 47.3 Å². The number of nitrogens with two attached hydrogens (primary N) is 1. The zero-order chi connectivity index (χ0) is 10.2. The smallest absolute Gasteiger partial charge is 0.121 e. The summed E-state index contributed by atoms with van der Waals surface area (Å²) in [7, 11) is 1.69. The molecule has 0 aliphatic carbocycles. The van der Waals surface area contributed by atoms with Crippen LogP contribution in [0.1, 0.15) is 11.1 Å². The number of aryl methyl sites for hydroxylation is 1. The standard InChI is InChI=1S/C11H16N2O.ClH/c1-8-5-9(3-4-10(8)14-2)11(12)6-13-7-11;/h3-5,13H,6-7,12H2,1-2H3;1H. The van der Waals surface area contributed by atoms with E-state index in [9.17, 15) is 0 Å². The van der Waals surface area contributed by atoms with E-state index >= 15 is 0 Å². The van der Waals surface area contributed by atoms with Gasteiger partial charge in [0.1, 0.15) is 5.75 Å². The van der Waals surface area contributed by atoms with Crippen LogP contribution in [-0.2, 0) is 5.54 Å². The lowest BCUT2D eigenvalue weighted by Gasteiger charge is -2.39. The molecule has 1 aromatic rings. The predicted octanol–water partition coefficient (Wildman–Crippen LogP) is 1.18. The molecule has 2 rings (SSSR count). The van der Waals surface area contributed by atoms with Crippen molar-refractivity contribution < 1.29 is 4.74 Å². The molecule has 0 aromatic heterocycles. The van der Waals surface area contributed by atoms with Crippen LogP contribution in [-0.4, -0.2) is 20.2 Å². The second kappa shape index (κ2) is 4.39. The fourth-order valence-electron chi connectivity index (χ4n) is 1.79. The minimum Gasteiger partial charge on any atom is -0.496 e. The lowest BCUT2D eigenvalue weighted by atomic mass is 9.84. The molecule has 0 spiro atoms. The molecule has 84 valence electrons. The SMILES string of the molecule is COc1ccc(C2(N)CNC2)cc1C.Cl. The maximum Gasteiger partial charge on any atom is 0.121 e. The van der Waals surface area contributed by atoms with E-state index < -0.39 is 0 Å². The highest BCUT2D eigenvalue weighted by atomic mass is 35.5. The van der Waals surface area contributed by atoms with E-state index in [2.05, 4.69) is 11.4 Å². The second-order valence-corrected chi connectivity index (χ2v) is 3.94. The third-order valence-electron chi connectivity index (χ3n) is 2.85. The van der Waals surface area contributed by atoms with Crippen molar-refractivity contribution in [3.63, 3.8) is 0 Å². The molecule has 0 saturated carbocycles. The van der Waals surface area contributed by atoms with Crippen molar-refractivity contribution in [2.45, 2.75) is 12.5 Å². The van der Waals surface area contributed by atoms with Gasteiger partial charge < -0.3 is 15.8 Å². The summed E-state index contributed by atoms with van der Waals surface area (Å²) >= 11 is 0. The minimum absolute atomic E-state index is 0. The first-order chi connectivity index (χ1) is 6.65. The Bertz CT molecular complexity index is 350. The highest BCUT2D eigenvalue weighted by molar-refractivity contribution is 5.85. The Kier molecular flexibility index (Phi) is 3.60. The van der Waals surface area contributed by atoms with Crippen LogP contribution in [0.5, 0.6) is 5.75 Å². The van der Waals surface area contributed by atoms with Gasteiger partial charge in [-0.15, -0.1) is 12.4 Å². The fourth-order valence-corrected chi connectivity index (χ4v) is 1.79. The van der Waals surface area contributed by atoms with Gasteiger partial charge in [-0.1, -0.05) is 12.1 Å². The number of hydrogen-bond donors (Lipinski definition) is 2. The molecule has 3 nitrogen and oxygen atoms in total. The number of hydrogen-bond acceptors (Lipinski definition) is 3. The molecule has 0 unspecified atom stereocenters. The van der Waals surface area contributed by atoms with Crippen molar-refractivity contribution in [3.8, 4) is 5.75 Å². The van der Waals surface area contributed by atoms with Crippen LogP contribution in [0, 0.1) is 6.92 Å². The summed E-state index contributed by atoms with van der Waals surface area (Å²) < 4.78 is 5.21. The van der Waals surface area contributed by atoms with E-state index in [1.807, 2.05) is 19.1 Å². The van der Waals surface area contributed by atoms with Crippen LogP contribution in [0.4, 0.5) is 0 Å². The second-order valence-electron chi connectivity index (χ2n) is 3.94. The summed E-state index contributed by atoms with van der Waals surface area (Å²) in [6, 6.07) is 6.14. The van der Waals surface area contributed by atoms with E-state index in [1.165, 1.54) is 5.56 Å². The number of ether oxygens (including phenoxy) is 1. The average Bonchev–Trinajstić information content (AvgIpc) is 2.14. The molecule has 0 bridgehead atoms. The number of nitrogens with one attached hydrogen (secondary N) is 1. The van der Waals surface area contributed by atoms with Crippen LogP contribution in [0.15, 0.2) is 18.2 Å². The maximum atomic E-state index is 6.18. The molecular formula is C11H17ClN2O. The van der Waals surface area contributed by atoms with Crippen LogP contribution in [0.25, 0.3) is 0 Å². The Morgan fingerprint density at radius 3 is 2.47 bits per heavy atom. The zero-order valence-electron chi connectivity index (χ0n) is 9.04. The van der Waals surface area contributed by atoms with Gasteiger partial charge in [0.05, 0.1) is 12.6 Å². The van der Waals surface area contributed by atoms with Gasteiger partial charge in [0.25, 0.3) is 0 Å². The molecule has 1 fully saturated rings. The zero-order valence-corrected chi connectivity index (χ0v) is 9.86. The number of rotatable bonds is 2. The van der Waals surface area contributed by atoms with E-state index in [0.717, 1.165) is 24.4 Å². The first kappa shape index (κ1) is 12.3. The van der Waals surface area contributed by atoms with Crippen LogP contribution in [0.3, 0.4) is 0 Å². The molecule has 0 radical (unpaired) electrons. The highest BCUT2D eigenvalue weighted by Crippen LogP contribution is 2.27. The first-order valence-electron chi connectivity index (χ1n) is 4.80. The van der Waals surface area contributed by atoms with Gasteiger partial charge in [-0.05, 0) is 24.1 Å². The Morgan fingerprint density at radius 2 is 2.07 bits per heavy atom. The Labute approximate surface area is 96.4 Å². The Morgan fingerprint density at radius 1 is 1.40 bits per heavy atom. The molecule has 1 aliphatic rings. The Hall–Kier alpha value is -0.770. The molecular weight excluding hydrogens is 212 g/mol. The molecule has 3 N–H and O–H groups in total. The van der Waals surface area contributed by atoms with E-state index in [1.54, 1.807) is 7.11 Å². The first-order valence-corrected chi connectivity index (χ1v) is 4.80. The van der Waals surface area contributed by atoms with Gasteiger partial charge in [-0.2, -0.15) is 0 Å². The van der Waals surface area contributed by atoms with Gasteiger partial charge in [-0.25, -0.2) is 0 Å². The summed E-state index contributed by atoms with van der Waals surface area (Å²) in [6.45, 7) is 3.76. The molecule has 4 heteroatoms. The van der Waals surface area contributed by atoms with Crippen molar-refractivity contribution in [1.82, 2.24) is 5.32 Å². The molecule has 0 amide bonds. The molecule has 1 heterocycles. The van der Waals surface area contributed by atoms with Gasteiger partial charge in [0.2, 0.25) is 0 Å². The van der Waals surface area contributed by atoms with Crippen LogP contribution >= 0.6 is 12.4 Å². The largest absolute Gasteiger partial charge is 0.496 e. The van der Waals surface area contributed by atoms with Gasteiger partial charge in [0.15, 0.2) is 0 Å². The Balaban J connectivity index is 0.00000112. The monoisotopic (exact) mass is 228 g/mol. The van der Waals surface area contributed by atoms with E-state index in [-0.39, 0.29) is 17.9 Å². The summed E-state index contributed by atoms with van der Waals surface area (Å²) in [5.41, 5.74) is 8.34. The summed E-state index contributed by atoms with van der Waals surface area (Å²) in [6.07, 6.45) is 0. The lowest BCUT2D eigenvalue weighted by Crippen LogP contribution is -2.62. The molecule has 15 heavy (non-hydrogen) atoms. The lowest BCUT2D eigenvalue weighted by molar-refractivity contribution is 0.286. The van der Waals surface area contributed by atoms with Crippen LogP contribution in [0.2, 0.25) is 0 Å². The summed E-state index contributed by atoms with van der Waals surface area (Å²) in [4.78, 5) is 0. The third kappa shape index (κ3) is 2.09. The fraction of sp³-hybridized carbons (Fsp3) is 0.455. The normalized spacial score (nSPS) is 17.5. The molecule has 1 aromatic carbocycles. The van der Waals surface area contributed by atoms with Crippen LogP contribution < -0.4 is 15.8 Å². The maximum absolute atomic E-state index is 6.18. The van der Waals surface area contributed by atoms with Gasteiger partial charge >= 0.3 is 0 Å². The van der Waals surface area contributed by atoms with Crippen molar-refractivity contribution in [1.29, 1.82) is 0 Å². The number of benzene rings is 1. The molecule has 0 atom stereocenters. The number of methoxy groups -OCH3 is 1. The molecule has 1 aliphatic heterocycles. The highest BCUT2D eigenvalue weighted by Gasteiger charge is 2.34. The van der Waals surface area contributed by atoms with E-state index in [4.69, 9.17) is 10.5 Å². The molecule has 1 saturated heterocycles. The third-order valence-corrected chi connectivity index (χ3v) is 2.85. The van der Waals surface area contributed by atoms with Crippen molar-refractivity contribution in [3.05, 3.63) is 29.3 Å². The van der Waals surface area contributed by atoms with Gasteiger partial charge in [-0.3, -0.25) is 0 Å². The summed E-state index contributed by atoms with van der Waals surface area (Å²) in [5, 5.41) is 3.19. The average molecular weight is 229 g/mol. The number of halogens is 1. The van der Waals surface area contributed by atoms with Crippen molar-refractivity contribution in [2.75, 3.05) is 20.2 Å².